The molecule has 2 aliphatic rings. The van der Waals surface area contributed by atoms with Crippen molar-refractivity contribution in [3.63, 3.8) is 0 Å². The molecule has 120 valence electrons. The predicted octanol–water partition coefficient (Wildman–Crippen LogP) is 2.20. The van der Waals surface area contributed by atoms with Gasteiger partial charge in [-0.2, -0.15) is 0 Å². The molecule has 3 rings (SSSR count). The third-order valence-corrected chi connectivity index (χ3v) is 4.40. The van der Waals surface area contributed by atoms with Crippen LogP contribution in [-0.4, -0.2) is 36.3 Å². The van der Waals surface area contributed by atoms with Crippen molar-refractivity contribution in [2.24, 2.45) is 4.99 Å². The van der Waals surface area contributed by atoms with Crippen molar-refractivity contribution in [3.05, 3.63) is 58.8 Å². The predicted molar refractivity (Wildman–Crippen MR) is 91.5 cm³/mol. The molecule has 0 amide bonds. The number of Topliss-reactive ketones (excluding diaryl/α,β-unsaturated/α-hetero) is 1. The van der Waals surface area contributed by atoms with Crippen molar-refractivity contribution in [2.75, 3.05) is 13.2 Å². The van der Waals surface area contributed by atoms with Crippen LogP contribution in [-0.2, 0) is 11.2 Å². The summed E-state index contributed by atoms with van der Waals surface area (Å²) in [5.74, 6) is 0.184. The summed E-state index contributed by atoms with van der Waals surface area (Å²) < 4.78 is 0. The van der Waals surface area contributed by atoms with E-state index in [9.17, 15) is 9.90 Å². The number of carbonyl (C=O) groups excluding carboxylic acids is 1. The summed E-state index contributed by atoms with van der Waals surface area (Å²) in [5.41, 5.74) is 4.03. The number of ketones is 1. The Morgan fingerprint density at radius 3 is 2.83 bits per heavy atom. The van der Waals surface area contributed by atoms with Gasteiger partial charge in [0.2, 0.25) is 0 Å². The summed E-state index contributed by atoms with van der Waals surface area (Å²) >= 11 is 0. The van der Waals surface area contributed by atoms with E-state index in [1.165, 1.54) is 5.56 Å². The minimum atomic E-state index is 0.0454. The van der Waals surface area contributed by atoms with Gasteiger partial charge in [-0.05, 0) is 30.4 Å². The van der Waals surface area contributed by atoms with E-state index in [-0.39, 0.29) is 18.4 Å². The van der Waals surface area contributed by atoms with Crippen LogP contribution in [0.5, 0.6) is 0 Å². The van der Waals surface area contributed by atoms with E-state index in [1.807, 2.05) is 18.2 Å². The molecule has 1 aliphatic heterocycles. The van der Waals surface area contributed by atoms with E-state index in [0.29, 0.717) is 19.4 Å². The highest BCUT2D eigenvalue weighted by Crippen LogP contribution is 2.30. The molecule has 1 aliphatic carbocycles. The second-order valence-corrected chi connectivity index (χ2v) is 5.98. The SMILES string of the molecule is O=C1CC=NC2=C1CC=C2CN[C@H](CO)CCc1ccccc1. The second-order valence-electron chi connectivity index (χ2n) is 5.98. The first-order valence-electron chi connectivity index (χ1n) is 8.14. The maximum absolute atomic E-state index is 11.8. The van der Waals surface area contributed by atoms with E-state index < -0.39 is 0 Å². The van der Waals surface area contributed by atoms with Crippen molar-refractivity contribution in [1.29, 1.82) is 0 Å². The van der Waals surface area contributed by atoms with Gasteiger partial charge in [0.1, 0.15) is 0 Å². The van der Waals surface area contributed by atoms with Crippen molar-refractivity contribution in [2.45, 2.75) is 31.7 Å². The fourth-order valence-corrected chi connectivity index (χ4v) is 3.02. The van der Waals surface area contributed by atoms with Gasteiger partial charge in [-0.1, -0.05) is 36.4 Å². The first-order valence-corrected chi connectivity index (χ1v) is 8.14. The van der Waals surface area contributed by atoms with Gasteiger partial charge < -0.3 is 10.4 Å². The number of hydrogen-bond donors (Lipinski definition) is 2. The van der Waals surface area contributed by atoms with Gasteiger partial charge in [-0.25, -0.2) is 0 Å². The smallest absolute Gasteiger partial charge is 0.166 e. The number of benzene rings is 1. The van der Waals surface area contributed by atoms with E-state index >= 15 is 0 Å². The molecular weight excluding hydrogens is 288 g/mol. The van der Waals surface area contributed by atoms with Crippen LogP contribution < -0.4 is 5.32 Å². The molecule has 0 spiro atoms. The zero-order valence-corrected chi connectivity index (χ0v) is 13.2. The molecule has 1 atom stereocenters. The molecule has 4 heteroatoms. The standard InChI is InChI=1S/C19H22N2O2/c22-13-16(8-6-14-4-2-1-3-5-14)21-12-15-7-9-17-18(23)10-11-20-19(15)17/h1-5,7,11,16,21-22H,6,8-10,12-13H2/t16-/m0/s1. The van der Waals surface area contributed by atoms with Gasteiger partial charge in [0, 0.05) is 30.8 Å². The molecule has 0 aromatic heterocycles. The monoisotopic (exact) mass is 310 g/mol. The van der Waals surface area contributed by atoms with Gasteiger partial charge in [-0.15, -0.1) is 0 Å². The number of aliphatic hydroxyl groups is 1. The lowest BCUT2D eigenvalue weighted by molar-refractivity contribution is -0.114. The number of nitrogens with zero attached hydrogens (tertiary/aromatic N) is 1. The van der Waals surface area contributed by atoms with Gasteiger partial charge in [0.05, 0.1) is 12.3 Å². The van der Waals surface area contributed by atoms with E-state index in [4.69, 9.17) is 0 Å². The lowest BCUT2D eigenvalue weighted by Gasteiger charge is -2.18. The minimum Gasteiger partial charge on any atom is -0.395 e. The summed E-state index contributed by atoms with van der Waals surface area (Å²) in [6.45, 7) is 0.748. The van der Waals surface area contributed by atoms with Gasteiger partial charge in [0.25, 0.3) is 0 Å². The molecule has 2 N–H and O–H groups in total. The summed E-state index contributed by atoms with van der Waals surface area (Å²) in [4.78, 5) is 16.2. The summed E-state index contributed by atoms with van der Waals surface area (Å²) in [7, 11) is 0. The van der Waals surface area contributed by atoms with Crippen molar-refractivity contribution in [3.8, 4) is 0 Å². The van der Waals surface area contributed by atoms with Crippen molar-refractivity contribution >= 4 is 12.0 Å². The molecule has 0 bridgehead atoms. The highest BCUT2D eigenvalue weighted by molar-refractivity contribution is 6.07. The topological polar surface area (TPSA) is 61.7 Å². The summed E-state index contributed by atoms with van der Waals surface area (Å²) in [6, 6.07) is 10.3. The molecular formula is C19H22N2O2. The van der Waals surface area contributed by atoms with Gasteiger partial charge in [0.15, 0.2) is 5.78 Å². The zero-order valence-electron chi connectivity index (χ0n) is 13.2. The average molecular weight is 310 g/mol. The van der Waals surface area contributed by atoms with Crippen LogP contribution >= 0.6 is 0 Å². The molecule has 0 radical (unpaired) electrons. The Balaban J connectivity index is 1.53. The highest BCUT2D eigenvalue weighted by Gasteiger charge is 2.24. The Bertz CT molecular complexity index is 659. The Labute approximate surface area is 136 Å². The first-order chi connectivity index (χ1) is 11.3. The number of allylic oxidation sites excluding steroid dienone is 2. The molecule has 0 unspecified atom stereocenters. The summed E-state index contributed by atoms with van der Waals surface area (Å²) in [5, 5.41) is 13.0. The highest BCUT2D eigenvalue weighted by atomic mass is 16.3. The molecule has 0 saturated carbocycles. The molecule has 4 nitrogen and oxygen atoms in total. The second kappa shape index (κ2) is 7.49. The molecule has 23 heavy (non-hydrogen) atoms. The molecule has 0 fully saturated rings. The maximum atomic E-state index is 11.8. The number of aryl methyl sites for hydroxylation is 1. The number of aliphatic hydroxyl groups excluding tert-OH is 1. The third kappa shape index (κ3) is 3.84. The number of rotatable bonds is 7. The van der Waals surface area contributed by atoms with E-state index in [2.05, 4.69) is 28.5 Å². The Morgan fingerprint density at radius 1 is 1.22 bits per heavy atom. The third-order valence-electron chi connectivity index (χ3n) is 4.40. The first kappa shape index (κ1) is 15.8. The van der Waals surface area contributed by atoms with Crippen LogP contribution in [0, 0.1) is 0 Å². The minimum absolute atomic E-state index is 0.0454. The number of aliphatic imine (C=N–C) groups is 1. The van der Waals surface area contributed by atoms with Crippen LogP contribution in [0.25, 0.3) is 0 Å². The van der Waals surface area contributed by atoms with Crippen molar-refractivity contribution < 1.29 is 9.90 Å². The molecule has 0 saturated heterocycles. The van der Waals surface area contributed by atoms with Gasteiger partial charge in [-0.3, -0.25) is 9.79 Å². The fraction of sp³-hybridized carbons (Fsp3) is 0.368. The van der Waals surface area contributed by atoms with Crippen molar-refractivity contribution in [1.82, 2.24) is 5.32 Å². The fourth-order valence-electron chi connectivity index (χ4n) is 3.02. The molecule has 1 aromatic rings. The summed E-state index contributed by atoms with van der Waals surface area (Å²) in [6.07, 6.45) is 6.69. The Kier molecular flexibility index (Phi) is 5.16. The lowest BCUT2D eigenvalue weighted by Crippen LogP contribution is -2.34. The molecule has 1 heterocycles. The van der Waals surface area contributed by atoms with Crippen LogP contribution in [0.3, 0.4) is 0 Å². The van der Waals surface area contributed by atoms with Crippen LogP contribution in [0.1, 0.15) is 24.8 Å². The van der Waals surface area contributed by atoms with Crippen LogP contribution in [0.15, 0.2) is 58.2 Å². The largest absolute Gasteiger partial charge is 0.395 e. The van der Waals surface area contributed by atoms with E-state index in [1.54, 1.807) is 6.21 Å². The average Bonchev–Trinajstić information content (AvgIpc) is 3.01. The number of carbonyl (C=O) groups is 1. The van der Waals surface area contributed by atoms with Crippen LogP contribution in [0.4, 0.5) is 0 Å². The van der Waals surface area contributed by atoms with Crippen LogP contribution in [0.2, 0.25) is 0 Å². The van der Waals surface area contributed by atoms with E-state index in [0.717, 1.165) is 29.7 Å². The normalized spacial score (nSPS) is 18.1. The molecule has 1 aromatic carbocycles. The maximum Gasteiger partial charge on any atom is 0.166 e. The zero-order chi connectivity index (χ0) is 16.1. The Hall–Kier alpha value is -2.04. The Morgan fingerprint density at radius 2 is 2.04 bits per heavy atom. The lowest BCUT2D eigenvalue weighted by atomic mass is 10.0. The number of nitrogens with one attached hydrogen (secondary N) is 1. The number of hydrogen-bond acceptors (Lipinski definition) is 4. The van der Waals surface area contributed by atoms with Gasteiger partial charge >= 0.3 is 0 Å². The quantitative estimate of drug-likeness (QED) is 0.811.